The standard InChI is InChI=1S/C15H20N2O2S2/c1-2-16-10-3-4-13-5-7-15(8-6-13)21(18,19)17-14-9-11-20-12-14/h5-9,11-12,16-17H,2-4,10H2,1H3. The zero-order valence-electron chi connectivity index (χ0n) is 12.0. The molecule has 21 heavy (non-hydrogen) atoms. The van der Waals surface area contributed by atoms with Crippen LogP contribution in [0.4, 0.5) is 5.69 Å². The molecule has 6 heteroatoms. The van der Waals surface area contributed by atoms with Crippen molar-refractivity contribution in [3.05, 3.63) is 46.7 Å². The lowest BCUT2D eigenvalue weighted by atomic mass is 10.1. The van der Waals surface area contributed by atoms with Gasteiger partial charge in [0.2, 0.25) is 0 Å². The molecule has 0 radical (unpaired) electrons. The first-order chi connectivity index (χ1) is 10.1. The number of nitrogens with one attached hydrogen (secondary N) is 2. The van der Waals surface area contributed by atoms with E-state index in [1.807, 2.05) is 17.5 Å². The molecule has 0 unspecified atom stereocenters. The summed E-state index contributed by atoms with van der Waals surface area (Å²) in [4.78, 5) is 0.295. The molecule has 0 atom stereocenters. The highest BCUT2D eigenvalue weighted by atomic mass is 32.2. The van der Waals surface area contributed by atoms with Crippen molar-refractivity contribution in [1.82, 2.24) is 5.32 Å². The fraction of sp³-hybridized carbons (Fsp3) is 0.333. The molecule has 0 aliphatic carbocycles. The summed E-state index contributed by atoms with van der Waals surface area (Å²) in [5.41, 5.74) is 1.76. The summed E-state index contributed by atoms with van der Waals surface area (Å²) in [6.07, 6.45) is 2.00. The third-order valence-corrected chi connectivity index (χ3v) is 5.16. The van der Waals surface area contributed by atoms with Gasteiger partial charge in [-0.25, -0.2) is 8.42 Å². The highest BCUT2D eigenvalue weighted by Gasteiger charge is 2.13. The average Bonchev–Trinajstić information content (AvgIpc) is 2.96. The molecule has 0 saturated carbocycles. The van der Waals surface area contributed by atoms with Crippen LogP contribution in [0.2, 0.25) is 0 Å². The Hall–Kier alpha value is -1.37. The molecule has 0 amide bonds. The fourth-order valence-electron chi connectivity index (χ4n) is 1.97. The van der Waals surface area contributed by atoms with E-state index in [0.29, 0.717) is 10.6 Å². The first kappa shape index (κ1) is 16.0. The lowest BCUT2D eigenvalue weighted by molar-refractivity contribution is 0.601. The van der Waals surface area contributed by atoms with Gasteiger partial charge in [0, 0.05) is 5.38 Å². The Bertz CT molecular complexity index is 635. The number of benzene rings is 1. The summed E-state index contributed by atoms with van der Waals surface area (Å²) >= 11 is 1.46. The Morgan fingerprint density at radius 1 is 1.14 bits per heavy atom. The van der Waals surface area contributed by atoms with Crippen LogP contribution < -0.4 is 10.0 Å². The predicted octanol–water partition coefficient (Wildman–Crippen LogP) is 3.09. The van der Waals surface area contributed by atoms with Crippen molar-refractivity contribution in [2.24, 2.45) is 0 Å². The lowest BCUT2D eigenvalue weighted by Gasteiger charge is -2.07. The minimum Gasteiger partial charge on any atom is -0.317 e. The largest absolute Gasteiger partial charge is 0.317 e. The molecule has 1 aromatic heterocycles. The van der Waals surface area contributed by atoms with Gasteiger partial charge in [0.15, 0.2) is 0 Å². The van der Waals surface area contributed by atoms with Crippen LogP contribution in [0, 0.1) is 0 Å². The van der Waals surface area contributed by atoms with Gasteiger partial charge < -0.3 is 5.32 Å². The van der Waals surface area contributed by atoms with Crippen molar-refractivity contribution in [2.75, 3.05) is 17.8 Å². The van der Waals surface area contributed by atoms with E-state index in [9.17, 15) is 8.42 Å². The van der Waals surface area contributed by atoms with Gasteiger partial charge in [-0.15, -0.1) is 0 Å². The van der Waals surface area contributed by atoms with Crippen molar-refractivity contribution >= 4 is 27.0 Å². The van der Waals surface area contributed by atoms with E-state index in [-0.39, 0.29) is 0 Å². The molecule has 114 valence electrons. The molecular formula is C15H20N2O2S2. The first-order valence-electron chi connectivity index (χ1n) is 6.96. The Morgan fingerprint density at radius 3 is 2.52 bits per heavy atom. The Labute approximate surface area is 130 Å². The lowest BCUT2D eigenvalue weighted by Crippen LogP contribution is -2.14. The number of sulfonamides is 1. The molecule has 2 aromatic rings. The van der Waals surface area contributed by atoms with E-state index in [1.165, 1.54) is 11.3 Å². The van der Waals surface area contributed by atoms with Crippen LogP contribution in [-0.2, 0) is 16.4 Å². The quantitative estimate of drug-likeness (QED) is 0.734. The second-order valence-electron chi connectivity index (χ2n) is 4.72. The highest BCUT2D eigenvalue weighted by molar-refractivity contribution is 7.92. The Balaban J connectivity index is 1.97. The maximum atomic E-state index is 12.2. The third kappa shape index (κ3) is 4.84. The van der Waals surface area contributed by atoms with E-state index in [0.717, 1.165) is 31.5 Å². The third-order valence-electron chi connectivity index (χ3n) is 3.08. The van der Waals surface area contributed by atoms with Crippen molar-refractivity contribution in [3.63, 3.8) is 0 Å². The van der Waals surface area contributed by atoms with Crippen molar-refractivity contribution in [3.8, 4) is 0 Å². The van der Waals surface area contributed by atoms with E-state index in [2.05, 4.69) is 17.0 Å². The van der Waals surface area contributed by atoms with Gasteiger partial charge in [-0.1, -0.05) is 19.1 Å². The van der Waals surface area contributed by atoms with Gasteiger partial charge in [0.25, 0.3) is 10.0 Å². The molecule has 0 saturated heterocycles. The molecule has 2 rings (SSSR count). The predicted molar refractivity (Wildman–Crippen MR) is 88.4 cm³/mol. The molecule has 1 aromatic carbocycles. The van der Waals surface area contributed by atoms with Crippen LogP contribution in [0.15, 0.2) is 46.0 Å². The van der Waals surface area contributed by atoms with Crippen LogP contribution in [-0.4, -0.2) is 21.5 Å². The van der Waals surface area contributed by atoms with Crippen LogP contribution in [0.25, 0.3) is 0 Å². The van der Waals surface area contributed by atoms with Crippen molar-refractivity contribution < 1.29 is 8.42 Å². The van der Waals surface area contributed by atoms with Crippen LogP contribution in [0.3, 0.4) is 0 Å². The molecule has 2 N–H and O–H groups in total. The van der Waals surface area contributed by atoms with Gasteiger partial charge in [0.1, 0.15) is 0 Å². The highest BCUT2D eigenvalue weighted by Crippen LogP contribution is 2.19. The van der Waals surface area contributed by atoms with E-state index in [1.54, 1.807) is 23.6 Å². The number of anilines is 1. The molecule has 0 aliphatic heterocycles. The minimum atomic E-state index is -3.48. The second kappa shape index (κ2) is 7.59. The van der Waals surface area contributed by atoms with E-state index in [4.69, 9.17) is 0 Å². The number of thiophene rings is 1. The normalized spacial score (nSPS) is 11.5. The van der Waals surface area contributed by atoms with Gasteiger partial charge in [-0.2, -0.15) is 11.3 Å². The summed E-state index contributed by atoms with van der Waals surface area (Å²) in [5, 5.41) is 6.88. The molecule has 0 aliphatic rings. The van der Waals surface area contributed by atoms with Gasteiger partial charge in [0.05, 0.1) is 10.6 Å². The summed E-state index contributed by atoms with van der Waals surface area (Å²) in [5.74, 6) is 0. The number of aryl methyl sites for hydroxylation is 1. The molecule has 0 bridgehead atoms. The van der Waals surface area contributed by atoms with E-state index < -0.39 is 10.0 Å². The monoisotopic (exact) mass is 324 g/mol. The van der Waals surface area contributed by atoms with Crippen molar-refractivity contribution in [1.29, 1.82) is 0 Å². The van der Waals surface area contributed by atoms with E-state index >= 15 is 0 Å². The topological polar surface area (TPSA) is 58.2 Å². The summed E-state index contributed by atoms with van der Waals surface area (Å²) < 4.78 is 27.0. The maximum Gasteiger partial charge on any atom is 0.261 e. The molecule has 0 spiro atoms. The van der Waals surface area contributed by atoms with Gasteiger partial charge >= 0.3 is 0 Å². The Kier molecular flexibility index (Phi) is 5.78. The van der Waals surface area contributed by atoms with Gasteiger partial charge in [-0.3, -0.25) is 4.72 Å². The molecule has 1 heterocycles. The fourth-order valence-corrected chi connectivity index (χ4v) is 3.68. The number of hydrogen-bond donors (Lipinski definition) is 2. The smallest absolute Gasteiger partial charge is 0.261 e. The summed E-state index contributed by atoms with van der Waals surface area (Å²) in [6.45, 7) is 4.04. The second-order valence-corrected chi connectivity index (χ2v) is 7.18. The maximum absolute atomic E-state index is 12.2. The molecular weight excluding hydrogens is 304 g/mol. The first-order valence-corrected chi connectivity index (χ1v) is 9.39. The summed E-state index contributed by atoms with van der Waals surface area (Å²) in [6, 6.07) is 8.84. The summed E-state index contributed by atoms with van der Waals surface area (Å²) in [7, 11) is -3.48. The average molecular weight is 324 g/mol. The number of hydrogen-bond acceptors (Lipinski definition) is 4. The Morgan fingerprint density at radius 2 is 1.90 bits per heavy atom. The minimum absolute atomic E-state index is 0.295. The number of rotatable bonds is 8. The van der Waals surface area contributed by atoms with Crippen LogP contribution in [0.1, 0.15) is 18.9 Å². The zero-order chi connectivity index (χ0) is 15.1. The van der Waals surface area contributed by atoms with Crippen molar-refractivity contribution in [2.45, 2.75) is 24.7 Å². The zero-order valence-corrected chi connectivity index (χ0v) is 13.6. The van der Waals surface area contributed by atoms with Gasteiger partial charge in [-0.05, 0) is 55.1 Å². The van der Waals surface area contributed by atoms with Crippen LogP contribution in [0.5, 0.6) is 0 Å². The molecule has 4 nitrogen and oxygen atoms in total. The molecule has 0 fully saturated rings. The SMILES string of the molecule is CCNCCCc1ccc(S(=O)(=O)Nc2ccsc2)cc1. The van der Waals surface area contributed by atoms with Crippen LogP contribution >= 0.6 is 11.3 Å².